The van der Waals surface area contributed by atoms with E-state index >= 15 is 0 Å². The molecule has 0 radical (unpaired) electrons. The van der Waals surface area contributed by atoms with Crippen LogP contribution in [0.1, 0.15) is 30.7 Å². The molecule has 1 amide bonds. The first-order valence-electron chi connectivity index (χ1n) is 6.09. The summed E-state index contributed by atoms with van der Waals surface area (Å²) in [6.45, 7) is 5.52. The van der Waals surface area contributed by atoms with Crippen molar-refractivity contribution in [3.05, 3.63) is 17.5 Å². The summed E-state index contributed by atoms with van der Waals surface area (Å²) < 4.78 is 1.97. The van der Waals surface area contributed by atoms with E-state index in [9.17, 15) is 4.79 Å². The largest absolute Gasteiger partial charge is 0.354 e. The molecule has 0 atom stereocenters. The van der Waals surface area contributed by atoms with Gasteiger partial charge in [-0.05, 0) is 39.2 Å². The average molecular weight is 236 g/mol. The number of carbonyl (C=O) groups is 1. The highest BCUT2D eigenvalue weighted by Gasteiger charge is 2.45. The summed E-state index contributed by atoms with van der Waals surface area (Å²) >= 11 is 0. The number of rotatable bonds is 5. The number of amides is 1. The highest BCUT2D eigenvalue weighted by atomic mass is 16.2. The molecule has 94 valence electrons. The first-order chi connectivity index (χ1) is 8.01. The molecule has 5 nitrogen and oxygen atoms in total. The monoisotopic (exact) mass is 236 g/mol. The molecular formula is C12H20N4O. The van der Waals surface area contributed by atoms with Crippen LogP contribution >= 0.6 is 0 Å². The molecule has 1 heterocycles. The average Bonchev–Trinajstić information content (AvgIpc) is 2.93. The van der Waals surface area contributed by atoms with Crippen molar-refractivity contribution in [3.8, 4) is 0 Å². The Kier molecular flexibility index (Phi) is 3.19. The van der Waals surface area contributed by atoms with Gasteiger partial charge in [0.15, 0.2) is 0 Å². The fraction of sp³-hybridized carbons (Fsp3) is 0.667. The molecule has 1 fully saturated rings. The minimum Gasteiger partial charge on any atom is -0.354 e. The fourth-order valence-corrected chi connectivity index (χ4v) is 1.87. The Morgan fingerprint density at radius 2 is 2.29 bits per heavy atom. The smallest absolute Gasteiger partial charge is 0.240 e. The van der Waals surface area contributed by atoms with Crippen LogP contribution in [0, 0.1) is 13.8 Å². The molecule has 1 aliphatic carbocycles. The van der Waals surface area contributed by atoms with Gasteiger partial charge in [0.05, 0.1) is 11.2 Å². The van der Waals surface area contributed by atoms with Gasteiger partial charge in [-0.2, -0.15) is 5.10 Å². The van der Waals surface area contributed by atoms with Gasteiger partial charge in [0.1, 0.15) is 0 Å². The van der Waals surface area contributed by atoms with Crippen molar-refractivity contribution in [2.75, 3.05) is 6.54 Å². The Hall–Kier alpha value is -1.36. The molecule has 0 aliphatic heterocycles. The van der Waals surface area contributed by atoms with Crippen LogP contribution in [0.15, 0.2) is 6.07 Å². The third kappa shape index (κ3) is 2.85. The number of aryl methyl sites for hydroxylation is 3. The fourth-order valence-electron chi connectivity index (χ4n) is 1.87. The summed E-state index contributed by atoms with van der Waals surface area (Å²) in [6.07, 6.45) is 2.51. The molecule has 1 aromatic rings. The van der Waals surface area contributed by atoms with Crippen molar-refractivity contribution in [2.24, 2.45) is 5.73 Å². The molecule has 0 aromatic carbocycles. The number of aromatic nitrogens is 2. The van der Waals surface area contributed by atoms with Crippen LogP contribution in [0.2, 0.25) is 0 Å². The standard InChI is InChI=1S/C12H20N4O/c1-9-8-10(2)16(15-9)7-3-6-14-11(17)12(13)4-5-12/h8H,3-7,13H2,1-2H3,(H,14,17). The zero-order valence-corrected chi connectivity index (χ0v) is 10.5. The van der Waals surface area contributed by atoms with Gasteiger partial charge >= 0.3 is 0 Å². The molecule has 17 heavy (non-hydrogen) atoms. The van der Waals surface area contributed by atoms with Crippen LogP contribution < -0.4 is 11.1 Å². The van der Waals surface area contributed by atoms with E-state index < -0.39 is 5.54 Å². The van der Waals surface area contributed by atoms with Gasteiger partial charge < -0.3 is 11.1 Å². The lowest BCUT2D eigenvalue weighted by molar-refractivity contribution is -0.123. The Balaban J connectivity index is 1.70. The normalized spacial score (nSPS) is 16.9. The Bertz CT molecular complexity index is 420. The van der Waals surface area contributed by atoms with Crippen molar-refractivity contribution < 1.29 is 4.79 Å². The van der Waals surface area contributed by atoms with E-state index in [1.165, 1.54) is 0 Å². The van der Waals surface area contributed by atoms with E-state index in [2.05, 4.69) is 16.5 Å². The molecular weight excluding hydrogens is 216 g/mol. The Morgan fingerprint density at radius 3 is 2.82 bits per heavy atom. The van der Waals surface area contributed by atoms with Gasteiger partial charge in [0.2, 0.25) is 5.91 Å². The zero-order chi connectivity index (χ0) is 12.5. The maximum Gasteiger partial charge on any atom is 0.240 e. The quantitative estimate of drug-likeness (QED) is 0.731. The summed E-state index contributed by atoms with van der Waals surface area (Å²) in [5.41, 5.74) is 7.42. The molecule has 1 aliphatic rings. The zero-order valence-electron chi connectivity index (χ0n) is 10.5. The van der Waals surface area contributed by atoms with E-state index in [1.807, 2.05) is 18.5 Å². The maximum atomic E-state index is 11.6. The third-order valence-electron chi connectivity index (χ3n) is 3.18. The number of hydrogen-bond acceptors (Lipinski definition) is 3. The Morgan fingerprint density at radius 1 is 1.59 bits per heavy atom. The van der Waals surface area contributed by atoms with Crippen LogP contribution in [0.25, 0.3) is 0 Å². The first kappa shape index (κ1) is 12.1. The molecule has 1 saturated carbocycles. The Labute approximate surface area is 101 Å². The van der Waals surface area contributed by atoms with Crippen molar-refractivity contribution in [3.63, 3.8) is 0 Å². The number of nitrogens with two attached hydrogens (primary N) is 1. The van der Waals surface area contributed by atoms with E-state index in [4.69, 9.17) is 5.73 Å². The van der Waals surface area contributed by atoms with Crippen molar-refractivity contribution in [2.45, 2.75) is 45.2 Å². The second-order valence-corrected chi connectivity index (χ2v) is 4.92. The van der Waals surface area contributed by atoms with E-state index in [-0.39, 0.29) is 5.91 Å². The van der Waals surface area contributed by atoms with Crippen LogP contribution in [0.5, 0.6) is 0 Å². The van der Waals surface area contributed by atoms with Crippen molar-refractivity contribution in [1.29, 1.82) is 0 Å². The molecule has 0 bridgehead atoms. The molecule has 2 rings (SSSR count). The van der Waals surface area contributed by atoms with Gasteiger partial charge in [0, 0.05) is 18.8 Å². The first-order valence-corrected chi connectivity index (χ1v) is 6.09. The SMILES string of the molecule is Cc1cc(C)n(CCCNC(=O)C2(N)CC2)n1. The summed E-state index contributed by atoms with van der Waals surface area (Å²) in [7, 11) is 0. The third-order valence-corrected chi connectivity index (χ3v) is 3.18. The van der Waals surface area contributed by atoms with Crippen LogP contribution in [0.4, 0.5) is 0 Å². The van der Waals surface area contributed by atoms with E-state index in [0.717, 1.165) is 37.2 Å². The summed E-state index contributed by atoms with van der Waals surface area (Å²) in [5, 5.41) is 7.24. The van der Waals surface area contributed by atoms with Crippen LogP contribution in [0.3, 0.4) is 0 Å². The minimum atomic E-state index is -0.557. The second kappa shape index (κ2) is 4.49. The topological polar surface area (TPSA) is 72.9 Å². The highest BCUT2D eigenvalue weighted by molar-refractivity contribution is 5.88. The predicted molar refractivity (Wildman–Crippen MR) is 65.5 cm³/mol. The van der Waals surface area contributed by atoms with Gasteiger partial charge in [0.25, 0.3) is 0 Å². The number of nitrogens with zero attached hydrogens (tertiary/aromatic N) is 2. The van der Waals surface area contributed by atoms with E-state index in [0.29, 0.717) is 6.54 Å². The molecule has 0 saturated heterocycles. The number of nitrogens with one attached hydrogen (secondary N) is 1. The van der Waals surface area contributed by atoms with Crippen LogP contribution in [-0.2, 0) is 11.3 Å². The summed E-state index contributed by atoms with van der Waals surface area (Å²) in [6, 6.07) is 2.05. The van der Waals surface area contributed by atoms with Gasteiger partial charge in [-0.1, -0.05) is 0 Å². The van der Waals surface area contributed by atoms with Gasteiger partial charge in [-0.15, -0.1) is 0 Å². The lowest BCUT2D eigenvalue weighted by atomic mass is 10.2. The van der Waals surface area contributed by atoms with Gasteiger partial charge in [-0.25, -0.2) is 0 Å². The molecule has 0 unspecified atom stereocenters. The second-order valence-electron chi connectivity index (χ2n) is 4.92. The highest BCUT2D eigenvalue weighted by Crippen LogP contribution is 2.31. The molecule has 1 aromatic heterocycles. The van der Waals surface area contributed by atoms with Crippen molar-refractivity contribution >= 4 is 5.91 Å². The van der Waals surface area contributed by atoms with Crippen LogP contribution in [-0.4, -0.2) is 27.8 Å². The van der Waals surface area contributed by atoms with Crippen molar-refractivity contribution in [1.82, 2.24) is 15.1 Å². The molecule has 3 N–H and O–H groups in total. The lowest BCUT2D eigenvalue weighted by Crippen LogP contribution is -2.43. The number of hydrogen-bond donors (Lipinski definition) is 2. The molecule has 0 spiro atoms. The maximum absolute atomic E-state index is 11.6. The summed E-state index contributed by atoms with van der Waals surface area (Å²) in [4.78, 5) is 11.6. The number of carbonyl (C=O) groups excluding carboxylic acids is 1. The lowest BCUT2D eigenvalue weighted by Gasteiger charge is -2.10. The van der Waals surface area contributed by atoms with E-state index in [1.54, 1.807) is 0 Å². The summed E-state index contributed by atoms with van der Waals surface area (Å²) in [5.74, 6) is -0.00846. The van der Waals surface area contributed by atoms with Gasteiger partial charge in [-0.3, -0.25) is 9.48 Å². The molecule has 5 heteroatoms. The predicted octanol–water partition coefficient (Wildman–Crippen LogP) is 0.498. The minimum absolute atomic E-state index is 0.00846.